The van der Waals surface area contributed by atoms with Crippen LogP contribution >= 0.6 is 0 Å². The van der Waals surface area contributed by atoms with Gasteiger partial charge in [-0.1, -0.05) is 0 Å². The smallest absolute Gasteiger partial charge is 0.213 e. The zero-order valence-electron chi connectivity index (χ0n) is 10.5. The number of hydrogen-bond donors (Lipinski definition) is 2. The third-order valence-corrected chi connectivity index (χ3v) is 1.91. The molecule has 1 aromatic rings. The molecule has 0 saturated heterocycles. The Labute approximate surface area is 101 Å². The van der Waals surface area contributed by atoms with E-state index < -0.39 is 0 Å². The van der Waals surface area contributed by atoms with Gasteiger partial charge in [-0.3, -0.25) is 5.41 Å². The lowest BCUT2D eigenvalue weighted by Gasteiger charge is -2.19. The second-order valence-electron chi connectivity index (χ2n) is 4.61. The molecule has 1 heterocycles. The predicted molar refractivity (Wildman–Crippen MR) is 66.5 cm³/mol. The van der Waals surface area contributed by atoms with Gasteiger partial charge in [-0.15, -0.1) is 0 Å². The molecule has 0 aliphatic carbocycles. The van der Waals surface area contributed by atoms with Gasteiger partial charge < -0.3 is 15.2 Å². The van der Waals surface area contributed by atoms with Crippen LogP contribution in [-0.2, 0) is 4.74 Å². The van der Waals surface area contributed by atoms with Gasteiger partial charge in [-0.2, -0.15) is 0 Å². The van der Waals surface area contributed by atoms with Gasteiger partial charge in [0.1, 0.15) is 12.4 Å². The summed E-state index contributed by atoms with van der Waals surface area (Å²) < 4.78 is 10.9. The van der Waals surface area contributed by atoms with Gasteiger partial charge in [0.25, 0.3) is 0 Å². The van der Waals surface area contributed by atoms with E-state index >= 15 is 0 Å². The number of pyridine rings is 1. The van der Waals surface area contributed by atoms with Crippen LogP contribution in [0.4, 0.5) is 0 Å². The van der Waals surface area contributed by atoms with Crippen LogP contribution in [0, 0.1) is 5.41 Å². The molecule has 17 heavy (non-hydrogen) atoms. The summed E-state index contributed by atoms with van der Waals surface area (Å²) in [6.07, 6.45) is 1.57. The largest absolute Gasteiger partial charge is 0.475 e. The van der Waals surface area contributed by atoms with E-state index in [1.54, 1.807) is 18.3 Å². The molecule has 0 aliphatic rings. The zero-order chi connectivity index (χ0) is 12.9. The van der Waals surface area contributed by atoms with Crippen molar-refractivity contribution in [2.75, 3.05) is 13.2 Å². The summed E-state index contributed by atoms with van der Waals surface area (Å²) in [5, 5.41) is 7.30. The monoisotopic (exact) mass is 237 g/mol. The highest BCUT2D eigenvalue weighted by atomic mass is 16.5. The van der Waals surface area contributed by atoms with Gasteiger partial charge in [-0.25, -0.2) is 4.98 Å². The highest BCUT2D eigenvalue weighted by Gasteiger charge is 2.09. The molecule has 0 bridgehead atoms. The number of amidine groups is 1. The lowest BCUT2D eigenvalue weighted by atomic mass is 10.2. The Morgan fingerprint density at radius 1 is 1.41 bits per heavy atom. The van der Waals surface area contributed by atoms with Crippen molar-refractivity contribution >= 4 is 5.84 Å². The fourth-order valence-electron chi connectivity index (χ4n) is 1.15. The Balaban J connectivity index is 2.42. The molecule has 0 radical (unpaired) electrons. The van der Waals surface area contributed by atoms with Gasteiger partial charge in [-0.05, 0) is 26.8 Å². The molecule has 0 saturated carbocycles. The topological polar surface area (TPSA) is 81.2 Å². The van der Waals surface area contributed by atoms with Crippen LogP contribution in [0.25, 0.3) is 0 Å². The number of hydrogen-bond acceptors (Lipinski definition) is 4. The van der Waals surface area contributed by atoms with Crippen molar-refractivity contribution in [2.24, 2.45) is 5.73 Å². The van der Waals surface area contributed by atoms with Gasteiger partial charge in [0, 0.05) is 17.8 Å². The summed E-state index contributed by atoms with van der Waals surface area (Å²) in [5.41, 5.74) is 5.80. The fourth-order valence-corrected chi connectivity index (χ4v) is 1.15. The van der Waals surface area contributed by atoms with Crippen LogP contribution in [0.5, 0.6) is 5.88 Å². The number of ether oxygens (including phenoxy) is 2. The van der Waals surface area contributed by atoms with E-state index in [1.165, 1.54) is 0 Å². The van der Waals surface area contributed by atoms with Gasteiger partial charge in [0.2, 0.25) is 5.88 Å². The number of nitrogen functional groups attached to an aromatic ring is 1. The van der Waals surface area contributed by atoms with Crippen molar-refractivity contribution < 1.29 is 9.47 Å². The fraction of sp³-hybridized carbons (Fsp3) is 0.500. The van der Waals surface area contributed by atoms with Gasteiger partial charge in [0.05, 0.1) is 12.2 Å². The van der Waals surface area contributed by atoms with Crippen molar-refractivity contribution in [3.8, 4) is 5.88 Å². The van der Waals surface area contributed by atoms with Crippen molar-refractivity contribution in [3.05, 3.63) is 23.9 Å². The number of nitrogens with two attached hydrogens (primary N) is 1. The zero-order valence-corrected chi connectivity index (χ0v) is 10.5. The molecule has 0 atom stereocenters. The summed E-state index contributed by atoms with van der Waals surface area (Å²) in [6, 6.07) is 3.31. The molecule has 5 heteroatoms. The molecule has 3 N–H and O–H groups in total. The van der Waals surface area contributed by atoms with Gasteiger partial charge >= 0.3 is 0 Å². The van der Waals surface area contributed by atoms with Crippen LogP contribution in [0.15, 0.2) is 18.3 Å². The van der Waals surface area contributed by atoms with Crippen LogP contribution in [0.1, 0.15) is 26.3 Å². The van der Waals surface area contributed by atoms with E-state index in [2.05, 4.69) is 4.98 Å². The lowest BCUT2D eigenvalue weighted by molar-refractivity contribution is -0.0168. The average molecular weight is 237 g/mol. The second kappa shape index (κ2) is 5.63. The minimum absolute atomic E-state index is 0.00296. The van der Waals surface area contributed by atoms with E-state index in [1.807, 2.05) is 20.8 Å². The molecular weight excluding hydrogens is 218 g/mol. The Bertz CT molecular complexity index is 386. The van der Waals surface area contributed by atoms with Crippen molar-refractivity contribution in [2.45, 2.75) is 26.4 Å². The number of rotatable bonds is 5. The maximum Gasteiger partial charge on any atom is 0.213 e. The molecule has 0 aliphatic heterocycles. The minimum atomic E-state index is -0.169. The predicted octanol–water partition coefficient (Wildman–Crippen LogP) is 1.56. The summed E-state index contributed by atoms with van der Waals surface area (Å²) in [5.74, 6) is 0.457. The summed E-state index contributed by atoms with van der Waals surface area (Å²) in [4.78, 5) is 4.03. The summed E-state index contributed by atoms with van der Waals surface area (Å²) >= 11 is 0. The molecule has 0 aromatic carbocycles. The van der Waals surface area contributed by atoms with E-state index in [0.29, 0.717) is 24.7 Å². The molecule has 5 nitrogen and oxygen atoms in total. The Morgan fingerprint density at radius 3 is 2.71 bits per heavy atom. The van der Waals surface area contributed by atoms with Crippen molar-refractivity contribution in [3.63, 3.8) is 0 Å². The number of aromatic nitrogens is 1. The highest BCUT2D eigenvalue weighted by molar-refractivity contribution is 5.95. The first-order valence-corrected chi connectivity index (χ1v) is 5.46. The standard InChI is InChI=1S/C12H19N3O2/c1-12(2,3)17-7-6-16-10-8-9(11(13)14)4-5-15-10/h4-5,8H,6-7H2,1-3H3,(H3,13,14). The first-order chi connectivity index (χ1) is 7.88. The molecule has 1 aromatic heterocycles. The molecular formula is C12H19N3O2. The van der Waals surface area contributed by atoms with Crippen molar-refractivity contribution in [1.29, 1.82) is 5.41 Å². The minimum Gasteiger partial charge on any atom is -0.475 e. The number of nitrogens with one attached hydrogen (secondary N) is 1. The number of nitrogens with zero attached hydrogens (tertiary/aromatic N) is 1. The van der Waals surface area contributed by atoms with Crippen LogP contribution in [-0.4, -0.2) is 29.6 Å². The Kier molecular flexibility index (Phi) is 4.45. The molecule has 94 valence electrons. The first-order valence-electron chi connectivity index (χ1n) is 5.46. The highest BCUT2D eigenvalue weighted by Crippen LogP contribution is 2.10. The first kappa shape index (κ1) is 13.4. The second-order valence-corrected chi connectivity index (χ2v) is 4.61. The van der Waals surface area contributed by atoms with E-state index in [-0.39, 0.29) is 11.4 Å². The van der Waals surface area contributed by atoms with Crippen LogP contribution in [0.3, 0.4) is 0 Å². The quantitative estimate of drug-likeness (QED) is 0.462. The molecule has 0 spiro atoms. The van der Waals surface area contributed by atoms with E-state index in [9.17, 15) is 0 Å². The normalized spacial score (nSPS) is 11.2. The van der Waals surface area contributed by atoms with Crippen LogP contribution < -0.4 is 10.5 Å². The van der Waals surface area contributed by atoms with Gasteiger partial charge in [0.15, 0.2) is 0 Å². The van der Waals surface area contributed by atoms with E-state index in [0.717, 1.165) is 0 Å². The molecule has 0 fully saturated rings. The maximum absolute atomic E-state index is 7.30. The molecule has 1 rings (SSSR count). The lowest BCUT2D eigenvalue weighted by Crippen LogP contribution is -2.22. The average Bonchev–Trinajstić information content (AvgIpc) is 2.23. The van der Waals surface area contributed by atoms with Crippen LogP contribution in [0.2, 0.25) is 0 Å². The Morgan fingerprint density at radius 2 is 2.12 bits per heavy atom. The third-order valence-electron chi connectivity index (χ3n) is 1.91. The Hall–Kier alpha value is -1.62. The summed E-state index contributed by atoms with van der Waals surface area (Å²) in [7, 11) is 0. The van der Waals surface area contributed by atoms with E-state index in [4.69, 9.17) is 20.6 Å². The third kappa shape index (κ3) is 5.31. The maximum atomic E-state index is 7.30. The SMILES string of the molecule is CC(C)(C)OCCOc1cc(C(=N)N)ccn1. The molecule has 0 amide bonds. The summed E-state index contributed by atoms with van der Waals surface area (Å²) in [6.45, 7) is 6.88. The molecule has 0 unspecified atom stereocenters. The van der Waals surface area contributed by atoms with Crippen molar-refractivity contribution in [1.82, 2.24) is 4.98 Å².